The van der Waals surface area contributed by atoms with Crippen molar-refractivity contribution >= 4 is 22.5 Å². The van der Waals surface area contributed by atoms with Crippen LogP contribution in [0.2, 0.25) is 0 Å². The van der Waals surface area contributed by atoms with Crippen molar-refractivity contribution in [1.82, 2.24) is 14.5 Å². The molecule has 0 unspecified atom stereocenters. The van der Waals surface area contributed by atoms with Crippen molar-refractivity contribution in [1.29, 1.82) is 0 Å². The van der Waals surface area contributed by atoms with E-state index in [4.69, 9.17) is 0 Å². The summed E-state index contributed by atoms with van der Waals surface area (Å²) in [5.41, 5.74) is 2.47. The molecule has 0 saturated carbocycles. The molecule has 132 valence electrons. The fourth-order valence-electron chi connectivity index (χ4n) is 3.26. The number of alkyl halides is 1. The van der Waals surface area contributed by atoms with Gasteiger partial charge in [-0.15, -0.1) is 4.91 Å². The van der Waals surface area contributed by atoms with Crippen LogP contribution in [-0.2, 0) is 0 Å². The Morgan fingerprint density at radius 1 is 1.15 bits per heavy atom. The SMILES string of the molecule is O=Nc1ccc(-n2ccc3cc(C(=O)N4CCC(F)CC4)ncc32)cc1. The Labute approximate surface area is 149 Å². The molecule has 3 aromatic rings. The second kappa shape index (κ2) is 6.67. The maximum atomic E-state index is 13.3. The van der Waals surface area contributed by atoms with E-state index in [0.717, 1.165) is 16.6 Å². The minimum Gasteiger partial charge on any atom is -0.337 e. The first-order valence-corrected chi connectivity index (χ1v) is 8.50. The van der Waals surface area contributed by atoms with Gasteiger partial charge in [-0.25, -0.2) is 9.37 Å². The van der Waals surface area contributed by atoms with Gasteiger partial charge >= 0.3 is 0 Å². The molecule has 1 aliphatic rings. The van der Waals surface area contributed by atoms with E-state index >= 15 is 0 Å². The summed E-state index contributed by atoms with van der Waals surface area (Å²) >= 11 is 0. The normalized spacial score (nSPS) is 15.3. The van der Waals surface area contributed by atoms with E-state index in [-0.39, 0.29) is 5.91 Å². The summed E-state index contributed by atoms with van der Waals surface area (Å²) < 4.78 is 15.2. The first-order valence-electron chi connectivity index (χ1n) is 8.50. The predicted molar refractivity (Wildman–Crippen MR) is 96.6 cm³/mol. The topological polar surface area (TPSA) is 67.6 Å². The molecule has 0 radical (unpaired) electrons. The summed E-state index contributed by atoms with van der Waals surface area (Å²) in [4.78, 5) is 29.1. The molecule has 1 saturated heterocycles. The van der Waals surface area contributed by atoms with E-state index in [0.29, 0.717) is 37.3 Å². The van der Waals surface area contributed by atoms with E-state index < -0.39 is 6.17 Å². The lowest BCUT2D eigenvalue weighted by Crippen LogP contribution is -2.39. The van der Waals surface area contributed by atoms with Crippen molar-refractivity contribution in [3.63, 3.8) is 0 Å². The molecule has 0 spiro atoms. The van der Waals surface area contributed by atoms with E-state index in [2.05, 4.69) is 10.2 Å². The number of amides is 1. The van der Waals surface area contributed by atoms with Gasteiger partial charge in [-0.3, -0.25) is 4.79 Å². The van der Waals surface area contributed by atoms with Gasteiger partial charge in [0.1, 0.15) is 17.6 Å². The number of benzene rings is 1. The number of rotatable bonds is 3. The Hall–Kier alpha value is -3.09. The number of likely N-dealkylation sites (tertiary alicyclic amines) is 1. The lowest BCUT2D eigenvalue weighted by Gasteiger charge is -2.28. The monoisotopic (exact) mass is 352 g/mol. The molecule has 3 heterocycles. The molecular formula is C19H17FN4O2. The number of carbonyl (C=O) groups excluding carboxylic acids is 1. The lowest BCUT2D eigenvalue weighted by molar-refractivity contribution is 0.0661. The summed E-state index contributed by atoms with van der Waals surface area (Å²) in [6.45, 7) is 0.857. The summed E-state index contributed by atoms with van der Waals surface area (Å²) in [5.74, 6) is -0.159. The Balaban J connectivity index is 1.62. The highest BCUT2D eigenvalue weighted by Crippen LogP contribution is 2.23. The van der Waals surface area contributed by atoms with Crippen LogP contribution in [0.25, 0.3) is 16.6 Å². The van der Waals surface area contributed by atoms with Crippen molar-refractivity contribution < 1.29 is 9.18 Å². The summed E-state index contributed by atoms with van der Waals surface area (Å²) in [6.07, 6.45) is 3.50. The zero-order valence-corrected chi connectivity index (χ0v) is 14.0. The van der Waals surface area contributed by atoms with Gasteiger partial charge in [0.15, 0.2) is 0 Å². The molecule has 1 fully saturated rings. The standard InChI is InChI=1S/C19H17FN4O2/c20-14-6-8-23(9-7-14)19(25)17-11-13-5-10-24(18(13)12-21-17)16-3-1-15(22-26)2-4-16/h1-5,10-12,14H,6-9H2. The second-order valence-corrected chi connectivity index (χ2v) is 6.39. The third-order valence-electron chi connectivity index (χ3n) is 4.74. The molecule has 4 rings (SSSR count). The highest BCUT2D eigenvalue weighted by Gasteiger charge is 2.24. The van der Waals surface area contributed by atoms with Gasteiger partial charge in [0.25, 0.3) is 5.91 Å². The molecule has 1 aromatic carbocycles. The van der Waals surface area contributed by atoms with Crippen LogP contribution in [0.4, 0.5) is 10.1 Å². The van der Waals surface area contributed by atoms with Gasteiger partial charge in [-0.1, -0.05) is 0 Å². The number of nitrogens with zero attached hydrogens (tertiary/aromatic N) is 4. The number of hydrogen-bond donors (Lipinski definition) is 0. The van der Waals surface area contributed by atoms with Crippen molar-refractivity contribution in [3.05, 3.63) is 59.4 Å². The molecule has 7 heteroatoms. The zero-order chi connectivity index (χ0) is 18.1. The first-order chi connectivity index (χ1) is 12.7. The third kappa shape index (κ3) is 2.96. The molecule has 0 atom stereocenters. The number of nitroso groups, excluding NO2 is 1. The van der Waals surface area contributed by atoms with E-state index in [1.807, 2.05) is 16.8 Å². The molecule has 2 aromatic heterocycles. The zero-order valence-electron chi connectivity index (χ0n) is 14.0. The van der Waals surface area contributed by atoms with E-state index in [1.54, 1.807) is 41.4 Å². The Morgan fingerprint density at radius 3 is 2.58 bits per heavy atom. The predicted octanol–water partition coefficient (Wildman–Crippen LogP) is 4.00. The van der Waals surface area contributed by atoms with Crippen LogP contribution in [0.3, 0.4) is 0 Å². The van der Waals surface area contributed by atoms with Gasteiger partial charge < -0.3 is 9.47 Å². The molecule has 1 aliphatic heterocycles. The second-order valence-electron chi connectivity index (χ2n) is 6.39. The fourth-order valence-corrected chi connectivity index (χ4v) is 3.26. The van der Waals surface area contributed by atoms with Crippen LogP contribution in [0.5, 0.6) is 0 Å². The Kier molecular flexibility index (Phi) is 4.20. The van der Waals surface area contributed by atoms with Crippen molar-refractivity contribution in [2.24, 2.45) is 5.18 Å². The lowest BCUT2D eigenvalue weighted by atomic mass is 10.1. The number of hydrogen-bond acceptors (Lipinski definition) is 4. The maximum absolute atomic E-state index is 13.3. The van der Waals surface area contributed by atoms with Crippen LogP contribution in [0.15, 0.2) is 54.0 Å². The van der Waals surface area contributed by atoms with E-state index in [9.17, 15) is 14.1 Å². The molecule has 0 N–H and O–H groups in total. The first kappa shape index (κ1) is 16.4. The Bertz CT molecular complexity index is 959. The minimum absolute atomic E-state index is 0.159. The smallest absolute Gasteiger partial charge is 0.272 e. The van der Waals surface area contributed by atoms with E-state index in [1.165, 1.54) is 0 Å². The molecular weight excluding hydrogens is 335 g/mol. The summed E-state index contributed by atoms with van der Waals surface area (Å²) in [6, 6.07) is 10.6. The van der Waals surface area contributed by atoms with Gasteiger partial charge in [0.2, 0.25) is 0 Å². The largest absolute Gasteiger partial charge is 0.337 e. The Morgan fingerprint density at radius 2 is 1.88 bits per heavy atom. The van der Waals surface area contributed by atoms with Gasteiger partial charge in [0.05, 0.1) is 11.7 Å². The fraction of sp³-hybridized carbons (Fsp3) is 0.263. The van der Waals surface area contributed by atoms with Crippen LogP contribution in [-0.4, -0.2) is 39.6 Å². The van der Waals surface area contributed by atoms with Gasteiger partial charge in [-0.2, -0.15) is 0 Å². The molecule has 1 amide bonds. The van der Waals surface area contributed by atoms with Gasteiger partial charge in [0, 0.05) is 30.4 Å². The molecule has 26 heavy (non-hydrogen) atoms. The number of halogens is 1. The number of aromatic nitrogens is 2. The summed E-state index contributed by atoms with van der Waals surface area (Å²) in [5, 5.41) is 3.79. The van der Waals surface area contributed by atoms with Crippen LogP contribution < -0.4 is 0 Å². The van der Waals surface area contributed by atoms with Crippen molar-refractivity contribution in [2.75, 3.05) is 13.1 Å². The molecule has 0 aliphatic carbocycles. The quantitative estimate of drug-likeness (QED) is 0.669. The molecule has 6 nitrogen and oxygen atoms in total. The highest BCUT2D eigenvalue weighted by atomic mass is 19.1. The van der Waals surface area contributed by atoms with Crippen molar-refractivity contribution in [2.45, 2.75) is 19.0 Å². The number of carbonyl (C=O) groups is 1. The van der Waals surface area contributed by atoms with Crippen LogP contribution in [0.1, 0.15) is 23.3 Å². The van der Waals surface area contributed by atoms with Crippen LogP contribution in [0, 0.1) is 4.91 Å². The van der Waals surface area contributed by atoms with Crippen LogP contribution >= 0.6 is 0 Å². The average molecular weight is 352 g/mol. The number of fused-ring (bicyclic) bond motifs is 1. The minimum atomic E-state index is -0.815. The number of pyridine rings is 1. The van der Waals surface area contributed by atoms with Gasteiger partial charge in [-0.05, 0) is 54.4 Å². The maximum Gasteiger partial charge on any atom is 0.272 e. The summed E-state index contributed by atoms with van der Waals surface area (Å²) in [7, 11) is 0. The number of piperidine rings is 1. The highest BCUT2D eigenvalue weighted by molar-refractivity contribution is 5.96. The molecule has 0 bridgehead atoms. The third-order valence-corrected chi connectivity index (χ3v) is 4.74. The average Bonchev–Trinajstić information content (AvgIpc) is 3.11. The van der Waals surface area contributed by atoms with Crippen molar-refractivity contribution in [3.8, 4) is 5.69 Å².